The van der Waals surface area contributed by atoms with Crippen molar-refractivity contribution in [3.63, 3.8) is 0 Å². The van der Waals surface area contributed by atoms with E-state index in [4.69, 9.17) is 21.1 Å². The third-order valence-electron chi connectivity index (χ3n) is 6.59. The zero-order valence-corrected chi connectivity index (χ0v) is 17.5. The van der Waals surface area contributed by atoms with Crippen molar-refractivity contribution in [3.05, 3.63) is 53.1 Å². The zero-order valence-electron chi connectivity index (χ0n) is 16.8. The van der Waals surface area contributed by atoms with E-state index in [2.05, 4.69) is 10.6 Å². The van der Waals surface area contributed by atoms with Crippen LogP contribution in [-0.4, -0.2) is 31.0 Å². The van der Waals surface area contributed by atoms with Crippen molar-refractivity contribution in [2.24, 2.45) is 23.7 Å². The number of ether oxygens (including phenoxy) is 2. The molecule has 31 heavy (non-hydrogen) atoms. The van der Waals surface area contributed by atoms with Crippen LogP contribution in [0.25, 0.3) is 0 Å². The van der Waals surface area contributed by atoms with E-state index in [0.29, 0.717) is 27.7 Å². The van der Waals surface area contributed by atoms with Crippen molar-refractivity contribution in [2.75, 3.05) is 17.7 Å². The fraction of sp³-hybridized carbons (Fsp3) is 0.348. The average Bonchev–Trinajstić information content (AvgIpc) is 3.37. The molecule has 0 unspecified atom stereocenters. The zero-order chi connectivity index (χ0) is 21.7. The van der Waals surface area contributed by atoms with Gasteiger partial charge in [-0.05, 0) is 55.2 Å². The molecule has 7 nitrogen and oxygen atoms in total. The molecule has 2 N–H and O–H groups in total. The SMILES string of the molecule is COc1ccc(Cl)cc1NC(=O)c1cccc(NC(=O)[C@@H]2[C@@H]3C[C@@H]4[C@@H]2C(=O)O[C@@H]4C3)c1. The number of rotatable bonds is 5. The average molecular weight is 441 g/mol. The molecule has 5 atom stereocenters. The van der Waals surface area contributed by atoms with E-state index in [1.165, 1.54) is 7.11 Å². The maximum atomic E-state index is 13.0. The minimum absolute atomic E-state index is 0.0120. The number of methoxy groups -OCH3 is 1. The minimum Gasteiger partial charge on any atom is -0.495 e. The first-order chi connectivity index (χ1) is 14.9. The van der Waals surface area contributed by atoms with Crippen LogP contribution in [0.15, 0.2) is 42.5 Å². The van der Waals surface area contributed by atoms with Gasteiger partial charge in [0.1, 0.15) is 11.9 Å². The summed E-state index contributed by atoms with van der Waals surface area (Å²) in [4.78, 5) is 37.9. The first-order valence-electron chi connectivity index (χ1n) is 10.2. The number of anilines is 2. The smallest absolute Gasteiger partial charge is 0.310 e. The van der Waals surface area contributed by atoms with Gasteiger partial charge in [-0.3, -0.25) is 14.4 Å². The fourth-order valence-corrected chi connectivity index (χ4v) is 5.47. The minimum atomic E-state index is -0.371. The molecule has 0 spiro atoms. The number of halogens is 1. The summed E-state index contributed by atoms with van der Waals surface area (Å²) >= 11 is 6.02. The van der Waals surface area contributed by atoms with Crippen LogP contribution in [0.4, 0.5) is 11.4 Å². The molecule has 8 heteroatoms. The molecular weight excluding hydrogens is 420 g/mol. The predicted molar refractivity (Wildman–Crippen MR) is 114 cm³/mol. The molecule has 3 fully saturated rings. The standard InChI is InChI=1S/C23H21ClN2O5/c1-30-17-6-5-13(24)10-16(17)26-21(27)11-3-2-4-14(7-11)25-22(28)19-12-8-15-18(9-12)31-23(29)20(15)19/h2-7,10,12,15,18-20H,8-9H2,1H3,(H,25,28)(H,26,27)/t12-,15+,18-,19-,20+/m1/s1. The lowest BCUT2D eigenvalue weighted by Crippen LogP contribution is -2.35. The van der Waals surface area contributed by atoms with Gasteiger partial charge in [-0.1, -0.05) is 17.7 Å². The molecule has 0 radical (unpaired) electrons. The van der Waals surface area contributed by atoms with Crippen LogP contribution in [-0.2, 0) is 14.3 Å². The second kappa shape index (κ2) is 7.57. The summed E-state index contributed by atoms with van der Waals surface area (Å²) in [6.45, 7) is 0. The number of carbonyl (C=O) groups excluding carboxylic acids is 3. The number of carbonyl (C=O) groups is 3. The van der Waals surface area contributed by atoms with E-state index < -0.39 is 0 Å². The second-order valence-corrected chi connectivity index (χ2v) is 8.73. The summed E-state index contributed by atoms with van der Waals surface area (Å²) < 4.78 is 10.7. The second-order valence-electron chi connectivity index (χ2n) is 8.29. The molecule has 5 rings (SSSR count). The first-order valence-corrected chi connectivity index (χ1v) is 10.6. The lowest BCUT2D eigenvalue weighted by molar-refractivity contribution is -0.145. The lowest BCUT2D eigenvalue weighted by atomic mass is 9.79. The van der Waals surface area contributed by atoms with Gasteiger partial charge in [0.25, 0.3) is 5.91 Å². The van der Waals surface area contributed by atoms with Crippen LogP contribution in [0.5, 0.6) is 5.75 Å². The summed E-state index contributed by atoms with van der Waals surface area (Å²) in [5.74, 6) is -0.692. The Morgan fingerprint density at radius 2 is 1.97 bits per heavy atom. The lowest BCUT2D eigenvalue weighted by Gasteiger charge is -2.23. The van der Waals surface area contributed by atoms with Crippen molar-refractivity contribution in [2.45, 2.75) is 18.9 Å². The summed E-state index contributed by atoms with van der Waals surface area (Å²) in [5.41, 5.74) is 1.32. The summed E-state index contributed by atoms with van der Waals surface area (Å²) in [6, 6.07) is 11.6. The van der Waals surface area contributed by atoms with E-state index in [-0.39, 0.29) is 47.6 Å². The molecular formula is C23H21ClN2O5. The highest BCUT2D eigenvalue weighted by molar-refractivity contribution is 6.31. The molecule has 2 bridgehead atoms. The Hall–Kier alpha value is -3.06. The van der Waals surface area contributed by atoms with Crippen LogP contribution in [0.3, 0.4) is 0 Å². The molecule has 1 aliphatic heterocycles. The Kier molecular flexibility index (Phi) is 4.85. The summed E-state index contributed by atoms with van der Waals surface area (Å²) in [7, 11) is 1.51. The molecule has 2 amide bonds. The van der Waals surface area contributed by atoms with E-state index in [1.807, 2.05) is 0 Å². The van der Waals surface area contributed by atoms with Gasteiger partial charge in [-0.2, -0.15) is 0 Å². The van der Waals surface area contributed by atoms with Crippen LogP contribution in [0.2, 0.25) is 5.02 Å². The van der Waals surface area contributed by atoms with E-state index in [9.17, 15) is 14.4 Å². The molecule has 1 heterocycles. The number of fused-ring (bicyclic) bond motifs is 1. The summed E-state index contributed by atoms with van der Waals surface area (Å²) in [5, 5.41) is 6.14. The van der Waals surface area contributed by atoms with Crippen LogP contribution in [0, 0.1) is 23.7 Å². The number of esters is 1. The third kappa shape index (κ3) is 3.43. The molecule has 160 valence electrons. The van der Waals surface area contributed by atoms with E-state index in [0.717, 1.165) is 12.8 Å². The monoisotopic (exact) mass is 440 g/mol. The number of hydrogen-bond donors (Lipinski definition) is 2. The van der Waals surface area contributed by atoms with Gasteiger partial charge >= 0.3 is 5.97 Å². The van der Waals surface area contributed by atoms with Crippen LogP contribution < -0.4 is 15.4 Å². The van der Waals surface area contributed by atoms with Crippen molar-refractivity contribution in [3.8, 4) is 5.75 Å². The highest BCUT2D eigenvalue weighted by Crippen LogP contribution is 2.57. The highest BCUT2D eigenvalue weighted by atomic mass is 35.5. The Bertz CT molecular complexity index is 1090. The van der Waals surface area contributed by atoms with Gasteiger partial charge < -0.3 is 20.1 Å². The highest BCUT2D eigenvalue weighted by Gasteiger charge is 2.63. The topological polar surface area (TPSA) is 93.7 Å². The van der Waals surface area contributed by atoms with Gasteiger partial charge in [0, 0.05) is 22.2 Å². The maximum Gasteiger partial charge on any atom is 0.310 e. The number of nitrogens with one attached hydrogen (secondary N) is 2. The molecule has 2 aromatic rings. The molecule has 2 saturated carbocycles. The van der Waals surface area contributed by atoms with Gasteiger partial charge in [-0.15, -0.1) is 0 Å². The molecule has 0 aromatic heterocycles. The van der Waals surface area contributed by atoms with Gasteiger partial charge in [0.05, 0.1) is 24.6 Å². The van der Waals surface area contributed by atoms with Gasteiger partial charge in [0.2, 0.25) is 5.91 Å². The van der Waals surface area contributed by atoms with Gasteiger partial charge in [-0.25, -0.2) is 0 Å². The molecule has 2 aromatic carbocycles. The first kappa shape index (κ1) is 19.9. The molecule has 2 aliphatic carbocycles. The van der Waals surface area contributed by atoms with Crippen LogP contribution >= 0.6 is 11.6 Å². The number of benzene rings is 2. The van der Waals surface area contributed by atoms with Crippen molar-refractivity contribution < 1.29 is 23.9 Å². The van der Waals surface area contributed by atoms with Gasteiger partial charge in [0.15, 0.2) is 0 Å². The van der Waals surface area contributed by atoms with Crippen molar-refractivity contribution >= 4 is 40.8 Å². The maximum absolute atomic E-state index is 13.0. The van der Waals surface area contributed by atoms with Crippen molar-refractivity contribution in [1.82, 2.24) is 0 Å². The number of hydrogen-bond acceptors (Lipinski definition) is 5. The predicted octanol–water partition coefficient (Wildman–Crippen LogP) is 3.74. The molecule has 3 aliphatic rings. The normalized spacial score (nSPS) is 27.7. The van der Waals surface area contributed by atoms with E-state index >= 15 is 0 Å². The summed E-state index contributed by atoms with van der Waals surface area (Å²) in [6.07, 6.45) is 1.61. The van der Waals surface area contributed by atoms with Crippen molar-refractivity contribution in [1.29, 1.82) is 0 Å². The number of amides is 2. The quantitative estimate of drug-likeness (QED) is 0.691. The Labute approximate surface area is 184 Å². The third-order valence-corrected chi connectivity index (χ3v) is 6.82. The van der Waals surface area contributed by atoms with Crippen LogP contribution in [0.1, 0.15) is 23.2 Å². The fourth-order valence-electron chi connectivity index (χ4n) is 5.30. The Morgan fingerprint density at radius 1 is 1.13 bits per heavy atom. The molecule has 1 saturated heterocycles. The Balaban J connectivity index is 1.31. The van der Waals surface area contributed by atoms with E-state index in [1.54, 1.807) is 42.5 Å². The Morgan fingerprint density at radius 3 is 2.77 bits per heavy atom. The largest absolute Gasteiger partial charge is 0.495 e.